The van der Waals surface area contributed by atoms with E-state index in [0.717, 1.165) is 5.56 Å². The van der Waals surface area contributed by atoms with Crippen molar-refractivity contribution in [1.82, 2.24) is 15.5 Å². The van der Waals surface area contributed by atoms with Crippen LogP contribution in [-0.4, -0.2) is 36.8 Å². The SMILES string of the molecule is CCNC(=O)c1nc(CCS(=O)(=O)c2ccc(C)cc2)no1. The third-order valence-corrected chi connectivity index (χ3v) is 4.71. The van der Waals surface area contributed by atoms with Crippen LogP contribution in [0.5, 0.6) is 0 Å². The van der Waals surface area contributed by atoms with Crippen molar-refractivity contribution in [3.63, 3.8) is 0 Å². The Morgan fingerprint density at radius 3 is 2.59 bits per heavy atom. The van der Waals surface area contributed by atoms with Crippen molar-refractivity contribution in [2.75, 3.05) is 12.3 Å². The summed E-state index contributed by atoms with van der Waals surface area (Å²) in [6.45, 7) is 4.10. The van der Waals surface area contributed by atoms with Crippen LogP contribution in [0, 0.1) is 6.92 Å². The van der Waals surface area contributed by atoms with Gasteiger partial charge in [-0.3, -0.25) is 4.79 Å². The summed E-state index contributed by atoms with van der Waals surface area (Å²) in [5, 5.41) is 6.14. The Morgan fingerprint density at radius 1 is 1.27 bits per heavy atom. The largest absolute Gasteiger partial charge is 0.348 e. The fourth-order valence-electron chi connectivity index (χ4n) is 1.77. The van der Waals surface area contributed by atoms with Crippen LogP contribution >= 0.6 is 0 Å². The maximum Gasteiger partial charge on any atom is 0.315 e. The molecule has 1 heterocycles. The zero-order chi connectivity index (χ0) is 16.2. The van der Waals surface area contributed by atoms with Gasteiger partial charge in [0.15, 0.2) is 15.7 Å². The van der Waals surface area contributed by atoms with Crippen molar-refractivity contribution in [1.29, 1.82) is 0 Å². The minimum absolute atomic E-state index is 0.0825. The lowest BCUT2D eigenvalue weighted by atomic mass is 10.2. The molecule has 1 amide bonds. The van der Waals surface area contributed by atoms with Crippen molar-refractivity contribution in [2.45, 2.75) is 25.2 Å². The first-order chi connectivity index (χ1) is 10.4. The molecule has 1 aromatic carbocycles. The van der Waals surface area contributed by atoms with E-state index >= 15 is 0 Å². The standard InChI is InChI=1S/C14H17N3O4S/c1-3-15-13(18)14-16-12(17-21-14)8-9-22(19,20)11-6-4-10(2)5-7-11/h4-7H,3,8-9H2,1-2H3,(H,15,18). The van der Waals surface area contributed by atoms with Crippen molar-refractivity contribution in [3.8, 4) is 0 Å². The highest BCUT2D eigenvalue weighted by Crippen LogP contribution is 2.13. The van der Waals surface area contributed by atoms with Crippen LogP contribution in [0.25, 0.3) is 0 Å². The van der Waals surface area contributed by atoms with Gasteiger partial charge >= 0.3 is 11.8 Å². The molecule has 2 rings (SSSR count). The molecular weight excluding hydrogens is 306 g/mol. The van der Waals surface area contributed by atoms with E-state index < -0.39 is 15.7 Å². The minimum Gasteiger partial charge on any atom is -0.348 e. The molecule has 0 fully saturated rings. The van der Waals surface area contributed by atoms with Gasteiger partial charge in [0.05, 0.1) is 10.6 Å². The zero-order valence-corrected chi connectivity index (χ0v) is 13.2. The number of nitrogens with zero attached hydrogens (tertiary/aromatic N) is 2. The highest BCUT2D eigenvalue weighted by molar-refractivity contribution is 7.91. The molecule has 8 heteroatoms. The molecule has 0 radical (unpaired) electrons. The molecule has 0 unspecified atom stereocenters. The molecule has 0 bridgehead atoms. The van der Waals surface area contributed by atoms with Crippen LogP contribution in [0.4, 0.5) is 0 Å². The smallest absolute Gasteiger partial charge is 0.315 e. The van der Waals surface area contributed by atoms with Crippen molar-refractivity contribution < 1.29 is 17.7 Å². The number of carbonyl (C=O) groups excluding carboxylic acids is 1. The molecule has 0 spiro atoms. The number of rotatable bonds is 6. The lowest BCUT2D eigenvalue weighted by Gasteiger charge is -2.03. The number of aromatic nitrogens is 2. The second-order valence-corrected chi connectivity index (χ2v) is 6.87. The molecular formula is C14H17N3O4S. The van der Waals surface area contributed by atoms with Crippen LogP contribution < -0.4 is 5.32 Å². The number of aryl methyl sites for hydroxylation is 2. The predicted octanol–water partition coefficient (Wildman–Crippen LogP) is 1.14. The number of hydrogen-bond donors (Lipinski definition) is 1. The van der Waals surface area contributed by atoms with Crippen molar-refractivity contribution in [3.05, 3.63) is 41.5 Å². The molecule has 0 saturated heterocycles. The molecule has 0 aliphatic heterocycles. The number of sulfone groups is 1. The maximum atomic E-state index is 12.2. The molecule has 1 aromatic heterocycles. The first-order valence-electron chi connectivity index (χ1n) is 6.82. The van der Waals surface area contributed by atoms with E-state index in [0.29, 0.717) is 6.54 Å². The summed E-state index contributed by atoms with van der Waals surface area (Å²) >= 11 is 0. The van der Waals surface area contributed by atoms with Gasteiger partial charge in [-0.2, -0.15) is 4.98 Å². The first kappa shape index (κ1) is 16.2. The molecule has 22 heavy (non-hydrogen) atoms. The quantitative estimate of drug-likeness (QED) is 0.855. The van der Waals surface area contributed by atoms with Crippen LogP contribution in [0.2, 0.25) is 0 Å². The summed E-state index contributed by atoms with van der Waals surface area (Å²) < 4.78 is 29.2. The highest BCUT2D eigenvalue weighted by atomic mass is 32.2. The number of hydrogen-bond acceptors (Lipinski definition) is 6. The molecule has 118 valence electrons. The first-order valence-corrected chi connectivity index (χ1v) is 8.48. The third kappa shape index (κ3) is 3.91. The van der Waals surface area contributed by atoms with E-state index in [9.17, 15) is 13.2 Å². The molecule has 0 saturated carbocycles. The predicted molar refractivity (Wildman–Crippen MR) is 79.2 cm³/mol. The van der Waals surface area contributed by atoms with E-state index in [1.807, 2.05) is 6.92 Å². The highest BCUT2D eigenvalue weighted by Gasteiger charge is 2.18. The van der Waals surface area contributed by atoms with Crippen molar-refractivity contribution >= 4 is 15.7 Å². The normalized spacial score (nSPS) is 11.4. The minimum atomic E-state index is -3.42. The summed E-state index contributed by atoms with van der Waals surface area (Å²) in [5.74, 6) is -0.589. The van der Waals surface area contributed by atoms with Gasteiger partial charge in [0, 0.05) is 13.0 Å². The Labute approximate surface area is 128 Å². The number of amides is 1. The summed E-state index contributed by atoms with van der Waals surface area (Å²) in [4.78, 5) is 15.6. The van der Waals surface area contributed by atoms with Gasteiger partial charge < -0.3 is 9.84 Å². The maximum absolute atomic E-state index is 12.2. The van der Waals surface area contributed by atoms with Gasteiger partial charge in [-0.25, -0.2) is 8.42 Å². The lowest BCUT2D eigenvalue weighted by molar-refractivity contribution is 0.0912. The molecule has 2 aromatic rings. The van der Waals surface area contributed by atoms with E-state index in [2.05, 4.69) is 15.5 Å². The topological polar surface area (TPSA) is 102 Å². The van der Waals surface area contributed by atoms with Gasteiger partial charge in [-0.1, -0.05) is 22.9 Å². The second kappa shape index (κ2) is 6.69. The van der Waals surface area contributed by atoms with E-state index in [-0.39, 0.29) is 28.8 Å². The summed E-state index contributed by atoms with van der Waals surface area (Å²) in [7, 11) is -3.42. The Bertz CT molecular complexity index is 751. The Balaban J connectivity index is 2.03. The van der Waals surface area contributed by atoms with E-state index in [1.54, 1.807) is 31.2 Å². The molecule has 0 aliphatic carbocycles. The molecule has 7 nitrogen and oxygen atoms in total. The van der Waals surface area contributed by atoms with Crippen LogP contribution in [0.1, 0.15) is 29.0 Å². The fourth-order valence-corrected chi connectivity index (χ4v) is 3.01. The second-order valence-electron chi connectivity index (χ2n) is 4.76. The number of nitrogens with one attached hydrogen (secondary N) is 1. The summed E-state index contributed by atoms with van der Waals surface area (Å²) in [6.07, 6.45) is 0.0825. The zero-order valence-electron chi connectivity index (χ0n) is 12.4. The third-order valence-electron chi connectivity index (χ3n) is 2.97. The van der Waals surface area contributed by atoms with Gasteiger partial charge in [0.2, 0.25) is 0 Å². The summed E-state index contributed by atoms with van der Waals surface area (Å²) in [5.41, 5.74) is 0.990. The van der Waals surface area contributed by atoms with Gasteiger partial charge in [0.1, 0.15) is 0 Å². The number of benzene rings is 1. The van der Waals surface area contributed by atoms with Crippen LogP contribution in [0.3, 0.4) is 0 Å². The van der Waals surface area contributed by atoms with E-state index in [4.69, 9.17) is 4.52 Å². The summed E-state index contributed by atoms with van der Waals surface area (Å²) in [6, 6.07) is 6.63. The Morgan fingerprint density at radius 2 is 1.95 bits per heavy atom. The average molecular weight is 323 g/mol. The Hall–Kier alpha value is -2.22. The number of carbonyl (C=O) groups is 1. The monoisotopic (exact) mass is 323 g/mol. The van der Waals surface area contributed by atoms with E-state index in [1.165, 1.54) is 0 Å². The lowest BCUT2D eigenvalue weighted by Crippen LogP contribution is -2.23. The molecule has 1 N–H and O–H groups in total. The van der Waals surface area contributed by atoms with Gasteiger partial charge in [-0.05, 0) is 26.0 Å². The fraction of sp³-hybridized carbons (Fsp3) is 0.357. The average Bonchev–Trinajstić information content (AvgIpc) is 2.95. The van der Waals surface area contributed by atoms with Crippen molar-refractivity contribution in [2.24, 2.45) is 0 Å². The van der Waals surface area contributed by atoms with Crippen LogP contribution in [-0.2, 0) is 16.3 Å². The van der Waals surface area contributed by atoms with Gasteiger partial charge in [-0.15, -0.1) is 0 Å². The van der Waals surface area contributed by atoms with Gasteiger partial charge in [0.25, 0.3) is 0 Å². The molecule has 0 atom stereocenters. The van der Waals surface area contributed by atoms with Crippen LogP contribution in [0.15, 0.2) is 33.7 Å². The Kier molecular flexibility index (Phi) is 4.92. The molecule has 0 aliphatic rings.